The maximum absolute atomic E-state index is 10.8. The number of nitrogens with zero attached hydrogens (tertiary/aromatic N) is 4. The van der Waals surface area contributed by atoms with Crippen molar-refractivity contribution in [3.63, 3.8) is 0 Å². The Morgan fingerprint density at radius 1 is 1.21 bits per heavy atom. The molecule has 0 spiro atoms. The molecule has 0 radical (unpaired) electrons. The van der Waals surface area contributed by atoms with Crippen molar-refractivity contribution in [2.45, 2.75) is 0 Å². The number of nitrogens with two attached hydrogens (primary N) is 1. The maximum atomic E-state index is 10.8. The first-order valence-corrected chi connectivity index (χ1v) is 5.24. The normalized spacial score (nSPS) is 9.63. The highest BCUT2D eigenvalue weighted by Gasteiger charge is 2.08. The number of primary amides is 1. The van der Waals surface area contributed by atoms with E-state index in [1.165, 1.54) is 0 Å². The van der Waals surface area contributed by atoms with E-state index in [1.807, 2.05) is 0 Å². The van der Waals surface area contributed by atoms with Crippen molar-refractivity contribution in [3.05, 3.63) is 30.1 Å². The molecule has 7 heteroatoms. The minimum Gasteiger partial charge on any atom is -0.481 e. The molecule has 0 unspecified atom stereocenters. The molecule has 2 aromatic rings. The van der Waals surface area contributed by atoms with E-state index in [9.17, 15) is 4.79 Å². The number of hydrogen-bond acceptors (Lipinski definition) is 6. The van der Waals surface area contributed by atoms with Crippen LogP contribution in [0.5, 0.6) is 5.75 Å². The van der Waals surface area contributed by atoms with E-state index in [-0.39, 0.29) is 18.3 Å². The fourth-order valence-electron chi connectivity index (χ4n) is 1.27. The van der Waals surface area contributed by atoms with Crippen molar-refractivity contribution in [2.24, 2.45) is 5.73 Å². The third-order valence-electron chi connectivity index (χ3n) is 2.13. The van der Waals surface area contributed by atoms with Crippen molar-refractivity contribution in [3.8, 4) is 29.5 Å². The number of carbonyl (C=O) groups is 1. The summed E-state index contributed by atoms with van der Waals surface area (Å²) in [5.41, 5.74) is 5.68. The van der Waals surface area contributed by atoms with Crippen LogP contribution in [0.4, 0.5) is 0 Å². The Morgan fingerprint density at radius 3 is 2.37 bits per heavy atom. The first-order chi connectivity index (χ1) is 9.20. The predicted molar refractivity (Wildman–Crippen MR) is 65.9 cm³/mol. The molecular formula is C12H9N5O2. The zero-order chi connectivity index (χ0) is 13.7. The van der Waals surface area contributed by atoms with Crippen molar-refractivity contribution < 1.29 is 9.53 Å². The van der Waals surface area contributed by atoms with E-state index >= 15 is 0 Å². The predicted octanol–water partition coefficient (Wildman–Crippen LogP) is 0.0445. The molecule has 0 fully saturated rings. The van der Waals surface area contributed by atoms with Crippen molar-refractivity contribution in [1.82, 2.24) is 20.4 Å². The number of carbonyl (C=O) groups excluding carboxylic acids is 1. The molecule has 94 valence electrons. The number of ether oxygens (including phenoxy) is 1. The molecule has 1 aromatic heterocycles. The fraction of sp³-hybridized carbons (Fsp3) is 0.0833. The summed E-state index contributed by atoms with van der Waals surface area (Å²) in [5, 5.41) is 14.7. The molecule has 19 heavy (non-hydrogen) atoms. The van der Waals surface area contributed by atoms with Crippen molar-refractivity contribution in [2.75, 3.05) is 6.61 Å². The van der Waals surface area contributed by atoms with Gasteiger partial charge in [-0.2, -0.15) is 0 Å². The van der Waals surface area contributed by atoms with E-state index in [2.05, 4.69) is 26.3 Å². The van der Waals surface area contributed by atoms with Gasteiger partial charge < -0.3 is 10.5 Å². The summed E-state index contributed by atoms with van der Waals surface area (Å²) >= 11 is 0. The molecule has 0 aliphatic carbocycles. The fourth-order valence-corrected chi connectivity index (χ4v) is 1.27. The summed E-state index contributed by atoms with van der Waals surface area (Å²) in [6.07, 6.45) is 5.09. The van der Waals surface area contributed by atoms with E-state index in [1.54, 1.807) is 24.3 Å². The van der Waals surface area contributed by atoms with Crippen LogP contribution < -0.4 is 10.5 Å². The molecule has 0 aliphatic rings. The molecule has 2 rings (SSSR count). The van der Waals surface area contributed by atoms with E-state index in [0.29, 0.717) is 11.3 Å². The zero-order valence-corrected chi connectivity index (χ0v) is 9.78. The van der Waals surface area contributed by atoms with Crippen LogP contribution in [0.1, 0.15) is 10.6 Å². The Hall–Kier alpha value is -3.01. The molecular weight excluding hydrogens is 246 g/mol. The van der Waals surface area contributed by atoms with Crippen LogP contribution in [0, 0.1) is 12.3 Å². The van der Waals surface area contributed by atoms with Gasteiger partial charge in [0, 0.05) is 5.56 Å². The molecule has 0 aliphatic heterocycles. The first-order valence-electron chi connectivity index (χ1n) is 5.24. The van der Waals surface area contributed by atoms with Gasteiger partial charge in [-0.15, -0.1) is 26.8 Å². The van der Waals surface area contributed by atoms with Gasteiger partial charge in [0.2, 0.25) is 5.82 Å². The average Bonchev–Trinajstić information content (AvgIpc) is 2.46. The Balaban J connectivity index is 2.18. The highest BCUT2D eigenvalue weighted by atomic mass is 16.5. The number of terminal acetylenes is 1. The summed E-state index contributed by atoms with van der Waals surface area (Å²) < 4.78 is 5.23. The lowest BCUT2D eigenvalue weighted by atomic mass is 10.2. The van der Waals surface area contributed by atoms with Gasteiger partial charge >= 0.3 is 0 Å². The standard InChI is InChI=1S/C12H9N5O2/c1-2-7-19-9-5-3-8(4-6-9)11-14-16-12(10(13)18)17-15-11/h1,3-6H,7H2,(H2,13,18). The molecule has 0 saturated carbocycles. The van der Waals surface area contributed by atoms with Crippen LogP contribution in [0.25, 0.3) is 11.4 Å². The quantitative estimate of drug-likeness (QED) is 0.774. The van der Waals surface area contributed by atoms with Gasteiger partial charge in [0.25, 0.3) is 11.7 Å². The highest BCUT2D eigenvalue weighted by molar-refractivity contribution is 5.88. The zero-order valence-electron chi connectivity index (χ0n) is 9.78. The van der Waals surface area contributed by atoms with Gasteiger partial charge in [0.05, 0.1) is 0 Å². The summed E-state index contributed by atoms with van der Waals surface area (Å²) in [6, 6.07) is 6.90. The molecule has 1 aromatic carbocycles. The van der Waals surface area contributed by atoms with Crippen molar-refractivity contribution >= 4 is 5.91 Å². The largest absolute Gasteiger partial charge is 0.481 e. The van der Waals surface area contributed by atoms with Gasteiger partial charge in [-0.3, -0.25) is 4.79 Å². The third-order valence-corrected chi connectivity index (χ3v) is 2.13. The minimum atomic E-state index is -0.774. The van der Waals surface area contributed by atoms with Crippen LogP contribution >= 0.6 is 0 Å². The van der Waals surface area contributed by atoms with Crippen molar-refractivity contribution in [1.29, 1.82) is 0 Å². The molecule has 7 nitrogen and oxygen atoms in total. The van der Waals surface area contributed by atoms with E-state index in [4.69, 9.17) is 16.9 Å². The summed E-state index contributed by atoms with van der Waals surface area (Å²) in [4.78, 5) is 10.8. The lowest BCUT2D eigenvalue weighted by molar-refractivity contribution is 0.0988. The van der Waals surface area contributed by atoms with Crippen LogP contribution in [0.3, 0.4) is 0 Å². The second-order valence-electron chi connectivity index (χ2n) is 3.43. The summed E-state index contributed by atoms with van der Waals surface area (Å²) in [6.45, 7) is 0.201. The lowest BCUT2D eigenvalue weighted by Gasteiger charge is -2.03. The SMILES string of the molecule is C#CCOc1ccc(-c2nnc(C(N)=O)nn2)cc1. The minimum absolute atomic E-state index is 0.201. The molecule has 2 N–H and O–H groups in total. The smallest absolute Gasteiger partial charge is 0.290 e. The molecule has 1 heterocycles. The Morgan fingerprint density at radius 2 is 1.84 bits per heavy atom. The van der Waals surface area contributed by atoms with Crippen LogP contribution in [-0.2, 0) is 0 Å². The number of benzene rings is 1. The Bertz CT molecular complexity index is 616. The molecule has 1 amide bonds. The maximum Gasteiger partial charge on any atom is 0.290 e. The van der Waals surface area contributed by atoms with Crippen LogP contribution in [-0.4, -0.2) is 32.9 Å². The van der Waals surface area contributed by atoms with Gasteiger partial charge in [-0.25, -0.2) is 0 Å². The summed E-state index contributed by atoms with van der Waals surface area (Å²) in [7, 11) is 0. The van der Waals surface area contributed by atoms with Crippen LogP contribution in [0.2, 0.25) is 0 Å². The first kappa shape index (κ1) is 12.4. The Kier molecular flexibility index (Phi) is 3.64. The van der Waals surface area contributed by atoms with Crippen LogP contribution in [0.15, 0.2) is 24.3 Å². The summed E-state index contributed by atoms with van der Waals surface area (Å²) in [5.74, 6) is 2.29. The third kappa shape index (κ3) is 3.01. The monoisotopic (exact) mass is 255 g/mol. The number of hydrogen-bond donors (Lipinski definition) is 1. The second kappa shape index (κ2) is 5.55. The number of aromatic nitrogens is 4. The van der Waals surface area contributed by atoms with Gasteiger partial charge in [-0.05, 0) is 24.3 Å². The Labute approximate surface area is 108 Å². The second-order valence-corrected chi connectivity index (χ2v) is 3.43. The topological polar surface area (TPSA) is 104 Å². The van der Waals surface area contributed by atoms with E-state index in [0.717, 1.165) is 0 Å². The van der Waals surface area contributed by atoms with Gasteiger partial charge in [0.15, 0.2) is 0 Å². The molecule has 0 saturated heterocycles. The average molecular weight is 255 g/mol. The van der Waals surface area contributed by atoms with Gasteiger partial charge in [0.1, 0.15) is 12.4 Å². The molecule has 0 atom stereocenters. The molecule has 0 bridgehead atoms. The number of amides is 1. The van der Waals surface area contributed by atoms with E-state index < -0.39 is 5.91 Å². The van der Waals surface area contributed by atoms with Gasteiger partial charge in [-0.1, -0.05) is 5.92 Å². The number of rotatable bonds is 4. The lowest BCUT2D eigenvalue weighted by Crippen LogP contribution is -2.17. The highest BCUT2D eigenvalue weighted by Crippen LogP contribution is 2.18.